The predicted molar refractivity (Wildman–Crippen MR) is 107 cm³/mol. The summed E-state index contributed by atoms with van der Waals surface area (Å²) >= 11 is 0. The van der Waals surface area contributed by atoms with E-state index in [-0.39, 0.29) is 11.9 Å². The third kappa shape index (κ3) is 4.01. The highest BCUT2D eigenvalue weighted by molar-refractivity contribution is 5.96. The summed E-state index contributed by atoms with van der Waals surface area (Å²) in [5.41, 5.74) is 2.49. The molecule has 1 aliphatic rings. The Labute approximate surface area is 165 Å². The smallest absolute Gasteiger partial charge is 0.252 e. The Balaban J connectivity index is 1.86. The molecule has 1 unspecified atom stereocenters. The molecule has 6 heteroatoms. The highest BCUT2D eigenvalue weighted by Crippen LogP contribution is 2.34. The van der Waals surface area contributed by atoms with Crippen molar-refractivity contribution in [3.8, 4) is 23.0 Å². The van der Waals surface area contributed by atoms with Gasteiger partial charge < -0.3 is 24.3 Å². The van der Waals surface area contributed by atoms with Gasteiger partial charge in [-0.3, -0.25) is 4.79 Å². The SMILES string of the molecule is CCc1cc(OC)c(OC)cc1C(=O)NC(CC)c1ccc2c(c1)OCCO2. The molecule has 0 saturated heterocycles. The van der Waals surface area contributed by atoms with E-state index >= 15 is 0 Å². The first kappa shape index (κ1) is 19.9. The molecule has 0 bridgehead atoms. The number of amides is 1. The quantitative estimate of drug-likeness (QED) is 0.783. The fraction of sp³-hybridized carbons (Fsp3) is 0.409. The van der Waals surface area contributed by atoms with E-state index in [2.05, 4.69) is 5.32 Å². The van der Waals surface area contributed by atoms with Crippen LogP contribution in [-0.2, 0) is 6.42 Å². The highest BCUT2D eigenvalue weighted by atomic mass is 16.6. The molecule has 0 radical (unpaired) electrons. The second kappa shape index (κ2) is 8.87. The van der Waals surface area contributed by atoms with Crippen LogP contribution in [0.2, 0.25) is 0 Å². The van der Waals surface area contributed by atoms with E-state index in [9.17, 15) is 4.79 Å². The van der Waals surface area contributed by atoms with Crippen molar-refractivity contribution in [3.63, 3.8) is 0 Å². The molecule has 2 aromatic rings. The van der Waals surface area contributed by atoms with Crippen molar-refractivity contribution in [3.05, 3.63) is 47.0 Å². The molecule has 6 nitrogen and oxygen atoms in total. The van der Waals surface area contributed by atoms with Crippen molar-refractivity contribution in [2.75, 3.05) is 27.4 Å². The summed E-state index contributed by atoms with van der Waals surface area (Å²) in [5, 5.41) is 3.14. The van der Waals surface area contributed by atoms with E-state index in [1.165, 1.54) is 0 Å². The predicted octanol–water partition coefficient (Wildman–Crippen LogP) is 3.92. The van der Waals surface area contributed by atoms with Gasteiger partial charge in [0.05, 0.1) is 20.3 Å². The molecular weight excluding hydrogens is 358 g/mol. The lowest BCUT2D eigenvalue weighted by Crippen LogP contribution is -2.29. The van der Waals surface area contributed by atoms with Crippen molar-refractivity contribution in [2.24, 2.45) is 0 Å². The minimum absolute atomic E-state index is 0.138. The van der Waals surface area contributed by atoms with Gasteiger partial charge in [-0.1, -0.05) is 19.9 Å². The Kier molecular flexibility index (Phi) is 6.29. The molecular formula is C22H27NO5. The number of ether oxygens (including phenoxy) is 4. The van der Waals surface area contributed by atoms with Crippen molar-refractivity contribution >= 4 is 5.91 Å². The van der Waals surface area contributed by atoms with Crippen LogP contribution in [-0.4, -0.2) is 33.3 Å². The first-order valence-electron chi connectivity index (χ1n) is 9.56. The minimum atomic E-state index is -0.139. The normalized spacial score (nSPS) is 13.6. The van der Waals surface area contributed by atoms with E-state index < -0.39 is 0 Å². The van der Waals surface area contributed by atoms with Crippen LogP contribution in [0, 0.1) is 0 Å². The average Bonchev–Trinajstić information content (AvgIpc) is 2.75. The number of nitrogens with one attached hydrogen (secondary N) is 1. The summed E-state index contributed by atoms with van der Waals surface area (Å²) in [7, 11) is 3.15. The van der Waals surface area contributed by atoms with E-state index in [0.29, 0.717) is 36.7 Å². The Hall–Kier alpha value is -2.89. The van der Waals surface area contributed by atoms with Gasteiger partial charge in [0.2, 0.25) is 0 Å². The lowest BCUT2D eigenvalue weighted by atomic mass is 10.00. The summed E-state index contributed by atoms with van der Waals surface area (Å²) in [5.74, 6) is 2.48. The minimum Gasteiger partial charge on any atom is -0.493 e. The number of rotatable bonds is 7. The third-order valence-corrected chi connectivity index (χ3v) is 4.92. The van der Waals surface area contributed by atoms with Crippen LogP contribution in [0.1, 0.15) is 47.8 Å². The first-order chi connectivity index (χ1) is 13.6. The molecule has 1 heterocycles. The second-order valence-corrected chi connectivity index (χ2v) is 6.56. The van der Waals surface area contributed by atoms with Crippen LogP contribution in [0.4, 0.5) is 0 Å². The molecule has 2 aromatic carbocycles. The molecule has 0 fully saturated rings. The lowest BCUT2D eigenvalue weighted by Gasteiger charge is -2.23. The van der Waals surface area contributed by atoms with Crippen LogP contribution in [0.3, 0.4) is 0 Å². The number of carbonyl (C=O) groups excluding carboxylic acids is 1. The molecule has 0 saturated carbocycles. The Morgan fingerprint density at radius 2 is 1.71 bits per heavy atom. The lowest BCUT2D eigenvalue weighted by molar-refractivity contribution is 0.0934. The van der Waals surface area contributed by atoms with Crippen LogP contribution in [0.25, 0.3) is 0 Å². The molecule has 0 aliphatic carbocycles. The van der Waals surface area contributed by atoms with Gasteiger partial charge in [0.1, 0.15) is 13.2 Å². The second-order valence-electron chi connectivity index (χ2n) is 6.56. The van der Waals surface area contributed by atoms with Crippen molar-refractivity contribution in [2.45, 2.75) is 32.7 Å². The molecule has 1 amide bonds. The Morgan fingerprint density at radius 1 is 1.04 bits per heavy atom. The van der Waals surface area contributed by atoms with Crippen molar-refractivity contribution in [1.29, 1.82) is 0 Å². The third-order valence-electron chi connectivity index (χ3n) is 4.92. The average molecular weight is 385 g/mol. The zero-order chi connectivity index (χ0) is 20.1. The van der Waals surface area contributed by atoms with Gasteiger partial charge >= 0.3 is 0 Å². The maximum Gasteiger partial charge on any atom is 0.252 e. The topological polar surface area (TPSA) is 66.0 Å². The fourth-order valence-corrected chi connectivity index (χ4v) is 3.36. The fourth-order valence-electron chi connectivity index (χ4n) is 3.36. The Bertz CT molecular complexity index is 849. The summed E-state index contributed by atoms with van der Waals surface area (Å²) in [6, 6.07) is 9.27. The van der Waals surface area contributed by atoms with Crippen molar-refractivity contribution < 1.29 is 23.7 Å². The molecule has 3 rings (SSSR count). The summed E-state index contributed by atoms with van der Waals surface area (Å²) in [4.78, 5) is 13.1. The molecule has 28 heavy (non-hydrogen) atoms. The van der Waals surface area contributed by atoms with Gasteiger partial charge in [0.25, 0.3) is 5.91 Å². The van der Waals surface area contributed by atoms with Gasteiger partial charge in [-0.25, -0.2) is 0 Å². The van der Waals surface area contributed by atoms with Gasteiger partial charge in [0.15, 0.2) is 23.0 Å². The number of fused-ring (bicyclic) bond motifs is 1. The highest BCUT2D eigenvalue weighted by Gasteiger charge is 2.21. The van der Waals surface area contributed by atoms with Crippen LogP contribution in [0.15, 0.2) is 30.3 Å². The Morgan fingerprint density at radius 3 is 2.36 bits per heavy atom. The van der Waals surface area contributed by atoms with Crippen molar-refractivity contribution in [1.82, 2.24) is 5.32 Å². The molecule has 1 atom stereocenters. The van der Waals surface area contributed by atoms with Crippen LogP contribution >= 0.6 is 0 Å². The number of carbonyl (C=O) groups is 1. The number of benzene rings is 2. The molecule has 0 aromatic heterocycles. The molecule has 1 aliphatic heterocycles. The maximum absolute atomic E-state index is 13.1. The van der Waals surface area contributed by atoms with E-state index in [1.807, 2.05) is 38.1 Å². The number of hydrogen-bond donors (Lipinski definition) is 1. The first-order valence-corrected chi connectivity index (χ1v) is 9.56. The van der Waals surface area contributed by atoms with Gasteiger partial charge in [-0.05, 0) is 48.2 Å². The monoisotopic (exact) mass is 385 g/mol. The molecule has 1 N–H and O–H groups in total. The zero-order valence-corrected chi connectivity index (χ0v) is 16.8. The largest absolute Gasteiger partial charge is 0.493 e. The summed E-state index contributed by atoms with van der Waals surface area (Å²) in [6.45, 7) is 5.14. The van der Waals surface area contributed by atoms with Gasteiger partial charge in [-0.2, -0.15) is 0 Å². The summed E-state index contributed by atoms with van der Waals surface area (Å²) < 4.78 is 22.0. The van der Waals surface area contributed by atoms with Gasteiger partial charge in [-0.15, -0.1) is 0 Å². The standard InChI is InChI=1S/C22H27NO5/c1-5-14-11-19(25-3)20(26-4)13-16(14)22(24)23-17(6-2)15-7-8-18-21(12-15)28-10-9-27-18/h7-8,11-13,17H,5-6,9-10H2,1-4H3,(H,23,24). The van der Waals surface area contributed by atoms with E-state index in [4.69, 9.17) is 18.9 Å². The van der Waals surface area contributed by atoms with E-state index in [1.54, 1.807) is 20.3 Å². The summed E-state index contributed by atoms with van der Waals surface area (Å²) in [6.07, 6.45) is 1.46. The molecule has 0 spiro atoms. The zero-order valence-electron chi connectivity index (χ0n) is 16.8. The maximum atomic E-state index is 13.1. The van der Waals surface area contributed by atoms with Crippen LogP contribution in [0.5, 0.6) is 23.0 Å². The number of hydrogen-bond acceptors (Lipinski definition) is 5. The van der Waals surface area contributed by atoms with Crippen LogP contribution < -0.4 is 24.3 Å². The van der Waals surface area contributed by atoms with Gasteiger partial charge in [0, 0.05) is 5.56 Å². The number of aryl methyl sites for hydroxylation is 1. The number of methoxy groups -OCH3 is 2. The van der Waals surface area contributed by atoms with E-state index in [0.717, 1.165) is 29.0 Å². The molecule has 150 valence electrons.